The molecule has 124 valence electrons. The smallest absolute Gasteiger partial charge is 0.326 e. The molecule has 1 fully saturated rings. The molecule has 8 heteroatoms. The van der Waals surface area contributed by atoms with Gasteiger partial charge in [0, 0.05) is 26.3 Å². The molecular weight excluding hydrogens is 322 g/mol. The Hall–Kier alpha value is -2.28. The first-order chi connectivity index (χ1) is 10.8. The molecule has 1 aromatic carbocycles. The van der Waals surface area contributed by atoms with Gasteiger partial charge in [0.15, 0.2) is 0 Å². The van der Waals surface area contributed by atoms with E-state index in [4.69, 9.17) is 11.6 Å². The first kappa shape index (κ1) is 17.1. The molecule has 0 spiro atoms. The molecular formula is C15H18ClN3O4. The lowest BCUT2D eigenvalue weighted by Crippen LogP contribution is -2.40. The van der Waals surface area contributed by atoms with Crippen molar-refractivity contribution in [2.75, 3.05) is 26.0 Å². The van der Waals surface area contributed by atoms with Gasteiger partial charge in [-0.05, 0) is 31.0 Å². The van der Waals surface area contributed by atoms with Gasteiger partial charge in [0.25, 0.3) is 5.91 Å². The minimum atomic E-state index is -1.02. The Morgan fingerprint density at radius 3 is 2.65 bits per heavy atom. The number of anilines is 1. The fourth-order valence-electron chi connectivity index (χ4n) is 2.42. The molecule has 0 saturated carbocycles. The van der Waals surface area contributed by atoms with Gasteiger partial charge >= 0.3 is 12.0 Å². The Bertz CT molecular complexity index is 648. The van der Waals surface area contributed by atoms with E-state index in [9.17, 15) is 19.5 Å². The SMILES string of the molecule is CN(C)C(=O)Nc1ccc(Cl)c(C(=O)N2CCC[C@@H]2C(=O)O)c1. The molecule has 0 unspecified atom stereocenters. The molecule has 1 aliphatic heterocycles. The van der Waals surface area contributed by atoms with Crippen molar-refractivity contribution in [2.24, 2.45) is 0 Å². The molecule has 0 aromatic heterocycles. The molecule has 23 heavy (non-hydrogen) atoms. The quantitative estimate of drug-likeness (QED) is 0.882. The van der Waals surface area contributed by atoms with Crippen LogP contribution in [0.15, 0.2) is 18.2 Å². The van der Waals surface area contributed by atoms with Crippen molar-refractivity contribution in [3.63, 3.8) is 0 Å². The lowest BCUT2D eigenvalue weighted by atomic mass is 10.1. The van der Waals surface area contributed by atoms with Crippen LogP contribution in [0.3, 0.4) is 0 Å². The number of hydrogen-bond donors (Lipinski definition) is 2. The van der Waals surface area contributed by atoms with Crippen molar-refractivity contribution >= 4 is 35.2 Å². The summed E-state index contributed by atoms with van der Waals surface area (Å²) in [5.41, 5.74) is 0.596. The third-order valence-electron chi connectivity index (χ3n) is 3.65. The summed E-state index contributed by atoms with van der Waals surface area (Å²) in [6, 6.07) is 3.38. The highest BCUT2D eigenvalue weighted by Gasteiger charge is 2.35. The maximum Gasteiger partial charge on any atom is 0.326 e. The number of amides is 3. The van der Waals surface area contributed by atoms with Crippen LogP contribution in [0.4, 0.5) is 10.5 Å². The molecule has 1 aromatic rings. The Kier molecular flexibility index (Phi) is 5.10. The topological polar surface area (TPSA) is 90.0 Å². The predicted molar refractivity (Wildman–Crippen MR) is 85.9 cm³/mol. The number of carbonyl (C=O) groups excluding carboxylic acids is 2. The number of carbonyl (C=O) groups is 3. The van der Waals surface area contributed by atoms with Crippen LogP contribution in [0.2, 0.25) is 5.02 Å². The second-order valence-corrected chi connectivity index (χ2v) is 5.92. The van der Waals surface area contributed by atoms with Crippen LogP contribution in [0, 0.1) is 0 Å². The second kappa shape index (κ2) is 6.87. The lowest BCUT2D eigenvalue weighted by molar-refractivity contribution is -0.141. The maximum atomic E-state index is 12.6. The normalized spacial score (nSPS) is 17.0. The first-order valence-corrected chi connectivity index (χ1v) is 7.50. The van der Waals surface area contributed by atoms with Crippen LogP contribution in [0.25, 0.3) is 0 Å². The van der Waals surface area contributed by atoms with Crippen LogP contribution in [-0.2, 0) is 4.79 Å². The van der Waals surface area contributed by atoms with E-state index < -0.39 is 17.9 Å². The van der Waals surface area contributed by atoms with E-state index in [0.29, 0.717) is 25.1 Å². The van der Waals surface area contributed by atoms with Gasteiger partial charge in [-0.15, -0.1) is 0 Å². The van der Waals surface area contributed by atoms with Crippen molar-refractivity contribution < 1.29 is 19.5 Å². The number of aliphatic carboxylic acids is 1. The van der Waals surface area contributed by atoms with Crippen molar-refractivity contribution in [1.29, 1.82) is 0 Å². The van der Waals surface area contributed by atoms with Crippen molar-refractivity contribution in [1.82, 2.24) is 9.80 Å². The fourth-order valence-corrected chi connectivity index (χ4v) is 2.62. The van der Waals surface area contributed by atoms with Gasteiger partial charge in [0.2, 0.25) is 0 Å². The molecule has 7 nitrogen and oxygen atoms in total. The van der Waals surface area contributed by atoms with Crippen molar-refractivity contribution in [2.45, 2.75) is 18.9 Å². The highest BCUT2D eigenvalue weighted by molar-refractivity contribution is 6.34. The second-order valence-electron chi connectivity index (χ2n) is 5.51. The van der Waals surface area contributed by atoms with Gasteiger partial charge in [-0.1, -0.05) is 11.6 Å². The number of urea groups is 1. The van der Waals surface area contributed by atoms with E-state index >= 15 is 0 Å². The summed E-state index contributed by atoms with van der Waals surface area (Å²) in [4.78, 5) is 38.2. The number of likely N-dealkylation sites (tertiary alicyclic amines) is 1. The van der Waals surface area contributed by atoms with Crippen LogP contribution in [0.1, 0.15) is 23.2 Å². The predicted octanol–water partition coefficient (Wildman–Crippen LogP) is 2.12. The van der Waals surface area contributed by atoms with E-state index in [1.165, 1.54) is 21.9 Å². The van der Waals surface area contributed by atoms with Gasteiger partial charge in [-0.3, -0.25) is 4.79 Å². The third-order valence-corrected chi connectivity index (χ3v) is 3.98. The number of nitrogens with zero attached hydrogens (tertiary/aromatic N) is 2. The van der Waals surface area contributed by atoms with Crippen LogP contribution in [0.5, 0.6) is 0 Å². The van der Waals surface area contributed by atoms with Crippen LogP contribution in [-0.4, -0.2) is 59.5 Å². The first-order valence-electron chi connectivity index (χ1n) is 7.13. The Morgan fingerprint density at radius 2 is 2.04 bits per heavy atom. The highest BCUT2D eigenvalue weighted by Crippen LogP contribution is 2.26. The van der Waals surface area contributed by atoms with Crippen molar-refractivity contribution in [3.8, 4) is 0 Å². The van der Waals surface area contributed by atoms with E-state index in [-0.39, 0.29) is 16.6 Å². The Labute approximate surface area is 138 Å². The third kappa shape index (κ3) is 3.73. The number of carboxylic acid groups (broad SMARTS) is 1. The van der Waals surface area contributed by atoms with E-state index in [0.717, 1.165) is 0 Å². The van der Waals surface area contributed by atoms with Gasteiger partial charge in [0.05, 0.1) is 10.6 Å². The summed E-state index contributed by atoms with van der Waals surface area (Å²) in [6.45, 7) is 0.375. The molecule has 0 bridgehead atoms. The number of carboxylic acids is 1. The van der Waals surface area contributed by atoms with Crippen LogP contribution >= 0.6 is 11.6 Å². The van der Waals surface area contributed by atoms with E-state index in [1.807, 2.05) is 0 Å². The minimum Gasteiger partial charge on any atom is -0.480 e. The molecule has 2 rings (SSSR count). The van der Waals surface area contributed by atoms with Crippen LogP contribution < -0.4 is 5.32 Å². The zero-order chi connectivity index (χ0) is 17.1. The Balaban J connectivity index is 2.26. The summed E-state index contributed by atoms with van der Waals surface area (Å²) in [7, 11) is 3.19. The summed E-state index contributed by atoms with van der Waals surface area (Å²) >= 11 is 6.08. The number of benzene rings is 1. The molecule has 0 radical (unpaired) electrons. The molecule has 1 heterocycles. The zero-order valence-electron chi connectivity index (χ0n) is 12.9. The fraction of sp³-hybridized carbons (Fsp3) is 0.400. The molecule has 1 saturated heterocycles. The molecule has 3 amide bonds. The monoisotopic (exact) mass is 339 g/mol. The van der Waals surface area contributed by atoms with E-state index in [2.05, 4.69) is 5.32 Å². The molecule has 0 aliphatic carbocycles. The average Bonchev–Trinajstić information content (AvgIpc) is 2.98. The number of hydrogen-bond acceptors (Lipinski definition) is 3. The summed E-state index contributed by atoms with van der Waals surface area (Å²) in [6.07, 6.45) is 1.06. The van der Waals surface area contributed by atoms with Gasteiger partial charge < -0.3 is 20.2 Å². The largest absolute Gasteiger partial charge is 0.480 e. The van der Waals surface area contributed by atoms with Gasteiger partial charge in [-0.25, -0.2) is 9.59 Å². The summed E-state index contributed by atoms with van der Waals surface area (Å²) in [5, 5.41) is 12.0. The van der Waals surface area contributed by atoms with Crippen molar-refractivity contribution in [3.05, 3.63) is 28.8 Å². The average molecular weight is 340 g/mol. The maximum absolute atomic E-state index is 12.6. The molecule has 1 aliphatic rings. The number of rotatable bonds is 3. The minimum absolute atomic E-state index is 0.177. The summed E-state index contributed by atoms with van der Waals surface area (Å²) < 4.78 is 0. The zero-order valence-corrected chi connectivity index (χ0v) is 13.6. The summed E-state index contributed by atoms with van der Waals surface area (Å²) in [5.74, 6) is -1.47. The lowest BCUT2D eigenvalue weighted by Gasteiger charge is -2.22. The highest BCUT2D eigenvalue weighted by atomic mass is 35.5. The van der Waals surface area contributed by atoms with E-state index in [1.54, 1.807) is 20.2 Å². The number of halogens is 1. The standard InChI is InChI=1S/C15H18ClN3O4/c1-18(2)15(23)17-9-5-6-11(16)10(8-9)13(20)19-7-3-4-12(19)14(21)22/h5-6,8,12H,3-4,7H2,1-2H3,(H,17,23)(H,21,22)/t12-/m1/s1. The van der Waals surface area contributed by atoms with Gasteiger partial charge in [0.1, 0.15) is 6.04 Å². The molecule has 2 N–H and O–H groups in total. The van der Waals surface area contributed by atoms with Gasteiger partial charge in [-0.2, -0.15) is 0 Å². The Morgan fingerprint density at radius 1 is 1.35 bits per heavy atom. The molecule has 1 atom stereocenters. The number of nitrogens with one attached hydrogen (secondary N) is 1.